The quantitative estimate of drug-likeness (QED) is 0.357. The molecule has 4 rings (SSSR count). The van der Waals surface area contributed by atoms with Crippen molar-refractivity contribution < 1.29 is 13.6 Å². The van der Waals surface area contributed by atoms with Gasteiger partial charge in [-0.05, 0) is 48.2 Å². The third kappa shape index (κ3) is 4.12. The minimum atomic E-state index is -1.04. The maximum Gasteiger partial charge on any atom is 0.276 e. The largest absolute Gasteiger partial charge is 0.325 e. The fourth-order valence-electron chi connectivity index (χ4n) is 2.88. The molecule has 0 aliphatic carbocycles. The summed E-state index contributed by atoms with van der Waals surface area (Å²) in [6, 6.07) is 12.3. The highest BCUT2D eigenvalue weighted by molar-refractivity contribution is 7.99. The van der Waals surface area contributed by atoms with Crippen LogP contribution in [-0.2, 0) is 4.79 Å². The molecule has 30 heavy (non-hydrogen) atoms. The normalized spacial score (nSPS) is 11.0. The van der Waals surface area contributed by atoms with E-state index in [2.05, 4.69) is 10.3 Å². The van der Waals surface area contributed by atoms with Gasteiger partial charge < -0.3 is 5.32 Å². The number of carbonyl (C=O) groups excluding carboxylic acids is 1. The predicted molar refractivity (Wildman–Crippen MR) is 116 cm³/mol. The summed E-state index contributed by atoms with van der Waals surface area (Å²) in [4.78, 5) is 29.9. The summed E-state index contributed by atoms with van der Waals surface area (Å²) in [7, 11) is 0. The number of carbonyl (C=O) groups is 1. The fraction of sp³-hybridized carbons (Fsp3) is 0.0952. The van der Waals surface area contributed by atoms with E-state index in [-0.39, 0.29) is 17.0 Å². The van der Waals surface area contributed by atoms with Crippen LogP contribution in [0, 0.1) is 18.6 Å². The van der Waals surface area contributed by atoms with E-state index < -0.39 is 17.5 Å². The molecule has 5 nitrogen and oxygen atoms in total. The third-order valence-corrected chi connectivity index (χ3v) is 6.07. The Morgan fingerprint density at radius 2 is 2.00 bits per heavy atom. The Labute approximate surface area is 178 Å². The average Bonchev–Trinajstić information content (AvgIpc) is 3.18. The molecule has 0 unspecified atom stereocenters. The summed E-state index contributed by atoms with van der Waals surface area (Å²) in [5.74, 6) is -2.52. The van der Waals surface area contributed by atoms with Gasteiger partial charge in [-0.2, -0.15) is 0 Å². The van der Waals surface area contributed by atoms with E-state index in [1.165, 1.54) is 22.0 Å². The van der Waals surface area contributed by atoms with Crippen LogP contribution < -0.4 is 10.9 Å². The lowest BCUT2D eigenvalue weighted by atomic mass is 10.2. The molecule has 152 valence electrons. The van der Waals surface area contributed by atoms with Gasteiger partial charge in [0, 0.05) is 11.8 Å². The van der Waals surface area contributed by atoms with Gasteiger partial charge in [-0.15, -0.1) is 11.3 Å². The van der Waals surface area contributed by atoms with Gasteiger partial charge in [-0.25, -0.2) is 13.8 Å². The molecule has 0 saturated carbocycles. The Bertz CT molecular complexity index is 1320. The minimum Gasteiger partial charge on any atom is -0.325 e. The zero-order valence-corrected chi connectivity index (χ0v) is 17.3. The second-order valence-electron chi connectivity index (χ2n) is 6.47. The smallest absolute Gasteiger partial charge is 0.276 e. The van der Waals surface area contributed by atoms with Gasteiger partial charge in [-0.3, -0.25) is 14.2 Å². The Balaban J connectivity index is 1.63. The molecule has 0 spiro atoms. The number of aromatic nitrogens is 2. The van der Waals surface area contributed by atoms with Crippen LogP contribution in [0.5, 0.6) is 0 Å². The van der Waals surface area contributed by atoms with Gasteiger partial charge in [0.1, 0.15) is 4.70 Å². The molecule has 0 aliphatic heterocycles. The molecule has 0 aliphatic rings. The van der Waals surface area contributed by atoms with Crippen LogP contribution in [0.15, 0.2) is 63.9 Å². The topological polar surface area (TPSA) is 64.0 Å². The maximum absolute atomic E-state index is 13.3. The summed E-state index contributed by atoms with van der Waals surface area (Å²) in [6.07, 6.45) is 0. The second kappa shape index (κ2) is 8.37. The van der Waals surface area contributed by atoms with E-state index >= 15 is 0 Å². The van der Waals surface area contributed by atoms with Crippen molar-refractivity contribution in [2.24, 2.45) is 0 Å². The summed E-state index contributed by atoms with van der Waals surface area (Å²) < 4.78 is 28.4. The number of anilines is 1. The lowest BCUT2D eigenvalue weighted by molar-refractivity contribution is -0.113. The van der Waals surface area contributed by atoms with E-state index in [4.69, 9.17) is 0 Å². The van der Waals surface area contributed by atoms with Crippen LogP contribution in [0.25, 0.3) is 15.9 Å². The minimum absolute atomic E-state index is 0.0626. The number of hydrogen-bond acceptors (Lipinski definition) is 5. The van der Waals surface area contributed by atoms with Crippen LogP contribution >= 0.6 is 23.1 Å². The van der Waals surface area contributed by atoms with E-state index in [1.807, 2.05) is 25.1 Å². The average molecular weight is 444 g/mol. The van der Waals surface area contributed by atoms with Crippen LogP contribution in [0.3, 0.4) is 0 Å². The van der Waals surface area contributed by atoms with E-state index in [0.29, 0.717) is 21.1 Å². The highest BCUT2D eigenvalue weighted by Gasteiger charge is 2.16. The Hall–Kier alpha value is -3.04. The zero-order valence-electron chi connectivity index (χ0n) is 15.7. The molecule has 0 fully saturated rings. The summed E-state index contributed by atoms with van der Waals surface area (Å²) in [5.41, 5.74) is 2.15. The number of fused-ring (bicyclic) bond motifs is 1. The number of thioether (sulfide) groups is 1. The van der Waals surface area contributed by atoms with E-state index in [9.17, 15) is 18.4 Å². The molecule has 0 saturated heterocycles. The standard InChI is InChI=1S/C21H15F2N3O2S2/c1-12-3-2-4-14(9-12)26-20(28)19-17(7-8-29-19)25-21(26)30-11-18(27)24-13-5-6-15(22)16(23)10-13/h2-10H,11H2,1H3,(H,24,27). The molecule has 0 bridgehead atoms. The fourth-order valence-corrected chi connectivity index (χ4v) is 4.46. The van der Waals surface area contributed by atoms with Crippen LogP contribution in [0.1, 0.15) is 5.56 Å². The Morgan fingerprint density at radius 1 is 1.17 bits per heavy atom. The van der Waals surface area contributed by atoms with Crippen LogP contribution in [-0.4, -0.2) is 21.2 Å². The predicted octanol–water partition coefficient (Wildman–Crippen LogP) is 4.76. The molecular weight excluding hydrogens is 428 g/mol. The molecular formula is C21H15F2N3O2S2. The highest BCUT2D eigenvalue weighted by atomic mass is 32.2. The Kier molecular flexibility index (Phi) is 5.65. The third-order valence-electron chi connectivity index (χ3n) is 4.24. The van der Waals surface area contributed by atoms with Crippen molar-refractivity contribution in [1.29, 1.82) is 0 Å². The molecule has 4 aromatic rings. The van der Waals surface area contributed by atoms with Gasteiger partial charge in [0.15, 0.2) is 16.8 Å². The summed E-state index contributed by atoms with van der Waals surface area (Å²) >= 11 is 2.41. The Morgan fingerprint density at radius 3 is 2.77 bits per heavy atom. The number of hydrogen-bond donors (Lipinski definition) is 1. The SMILES string of the molecule is Cc1cccc(-n2c(SCC(=O)Nc3ccc(F)c(F)c3)nc3ccsc3c2=O)c1. The summed E-state index contributed by atoms with van der Waals surface area (Å²) in [5, 5.41) is 4.68. The molecule has 0 radical (unpaired) electrons. The van der Waals surface area contributed by atoms with Gasteiger partial charge in [0.25, 0.3) is 5.56 Å². The molecule has 1 amide bonds. The van der Waals surface area contributed by atoms with Crippen LogP contribution in [0.4, 0.5) is 14.5 Å². The molecule has 2 aromatic heterocycles. The molecule has 0 atom stereocenters. The summed E-state index contributed by atoms with van der Waals surface area (Å²) in [6.45, 7) is 1.92. The molecule has 9 heteroatoms. The lowest BCUT2D eigenvalue weighted by Gasteiger charge is -2.12. The maximum atomic E-state index is 13.3. The number of aryl methyl sites for hydroxylation is 1. The van der Waals surface area contributed by atoms with Crippen LogP contribution in [0.2, 0.25) is 0 Å². The van der Waals surface area contributed by atoms with Crippen molar-refractivity contribution in [2.45, 2.75) is 12.1 Å². The number of nitrogens with one attached hydrogen (secondary N) is 1. The number of amides is 1. The van der Waals surface area contributed by atoms with Gasteiger partial charge in [-0.1, -0.05) is 23.9 Å². The first-order valence-corrected chi connectivity index (χ1v) is 10.7. The van der Waals surface area contributed by atoms with Crippen molar-refractivity contribution in [2.75, 3.05) is 11.1 Å². The van der Waals surface area contributed by atoms with Gasteiger partial charge in [0.05, 0.1) is 17.0 Å². The van der Waals surface area contributed by atoms with Gasteiger partial charge in [0.2, 0.25) is 5.91 Å². The van der Waals surface area contributed by atoms with Crippen molar-refractivity contribution in [3.05, 3.63) is 81.5 Å². The molecule has 2 heterocycles. The molecule has 1 N–H and O–H groups in total. The highest BCUT2D eigenvalue weighted by Crippen LogP contribution is 2.24. The lowest BCUT2D eigenvalue weighted by Crippen LogP contribution is -2.22. The van der Waals surface area contributed by atoms with E-state index in [0.717, 1.165) is 29.5 Å². The number of nitrogens with zero attached hydrogens (tertiary/aromatic N) is 2. The number of halogens is 2. The van der Waals surface area contributed by atoms with Gasteiger partial charge >= 0.3 is 0 Å². The van der Waals surface area contributed by atoms with Crippen molar-refractivity contribution >= 4 is 44.9 Å². The number of benzene rings is 2. The van der Waals surface area contributed by atoms with Crippen molar-refractivity contribution in [3.63, 3.8) is 0 Å². The second-order valence-corrected chi connectivity index (χ2v) is 8.33. The number of rotatable bonds is 5. The first-order valence-electron chi connectivity index (χ1n) is 8.87. The first-order chi connectivity index (χ1) is 14.4. The zero-order chi connectivity index (χ0) is 21.3. The van der Waals surface area contributed by atoms with Crippen molar-refractivity contribution in [1.82, 2.24) is 9.55 Å². The van der Waals surface area contributed by atoms with E-state index in [1.54, 1.807) is 17.5 Å². The molecule has 2 aromatic carbocycles. The number of thiophene rings is 1. The first kappa shape index (κ1) is 20.2. The monoisotopic (exact) mass is 443 g/mol. The van der Waals surface area contributed by atoms with Crippen molar-refractivity contribution in [3.8, 4) is 5.69 Å².